The zero-order valence-electron chi connectivity index (χ0n) is 12.9. The van der Waals surface area contributed by atoms with Crippen LogP contribution in [-0.2, 0) is 19.1 Å². The second-order valence-electron chi connectivity index (χ2n) is 5.20. The Hall–Kier alpha value is -2.57. The summed E-state index contributed by atoms with van der Waals surface area (Å²) in [6.45, 7) is 1.78. The van der Waals surface area contributed by atoms with Crippen LogP contribution in [0.3, 0.4) is 0 Å². The van der Waals surface area contributed by atoms with Crippen molar-refractivity contribution >= 4 is 11.7 Å². The summed E-state index contributed by atoms with van der Waals surface area (Å²) in [6.07, 6.45) is -3.77. The van der Waals surface area contributed by atoms with Crippen molar-refractivity contribution in [1.29, 1.82) is 0 Å². The quantitative estimate of drug-likeness (QED) is 0.776. The molecule has 0 aromatic heterocycles. The van der Waals surface area contributed by atoms with Gasteiger partial charge in [0.05, 0.1) is 5.56 Å². The van der Waals surface area contributed by atoms with E-state index in [-0.39, 0.29) is 12.1 Å². The molecule has 2 amide bonds. The van der Waals surface area contributed by atoms with Crippen LogP contribution < -0.4 is 10.6 Å². The molecule has 0 saturated carbocycles. The molecule has 0 aliphatic heterocycles. The average molecular weight is 340 g/mol. The van der Waals surface area contributed by atoms with Gasteiger partial charge >= 0.3 is 12.2 Å². The fourth-order valence-electron chi connectivity index (χ4n) is 2.10. The van der Waals surface area contributed by atoms with Gasteiger partial charge in [-0.1, -0.05) is 19.1 Å². The number of halogens is 4. The smallest absolute Gasteiger partial charge is 0.334 e. The van der Waals surface area contributed by atoms with Crippen molar-refractivity contribution in [3.05, 3.63) is 65.0 Å². The molecule has 24 heavy (non-hydrogen) atoms. The summed E-state index contributed by atoms with van der Waals surface area (Å²) in [5, 5.41) is 4.95. The molecule has 7 heteroatoms. The molecule has 0 aliphatic rings. The Morgan fingerprint density at radius 2 is 1.71 bits per heavy atom. The van der Waals surface area contributed by atoms with Crippen LogP contribution in [0, 0.1) is 5.82 Å². The molecule has 2 N–H and O–H groups in total. The van der Waals surface area contributed by atoms with E-state index in [4.69, 9.17) is 0 Å². The molecule has 0 atom stereocenters. The number of aryl methyl sites for hydroxylation is 1. The molecule has 0 radical (unpaired) electrons. The minimum absolute atomic E-state index is 0.0267. The SMILES string of the molecule is CCc1ccc(NC(=O)NCc2cc(F)cc(C(F)(F)F)c2)cc1. The summed E-state index contributed by atoms with van der Waals surface area (Å²) in [5.41, 5.74) is 0.606. The lowest BCUT2D eigenvalue weighted by Crippen LogP contribution is -2.28. The fourth-order valence-corrected chi connectivity index (χ4v) is 2.10. The highest BCUT2D eigenvalue weighted by molar-refractivity contribution is 5.89. The van der Waals surface area contributed by atoms with Gasteiger partial charge in [-0.05, 0) is 47.9 Å². The number of urea groups is 1. The Morgan fingerprint density at radius 3 is 2.29 bits per heavy atom. The van der Waals surface area contributed by atoms with Crippen molar-refractivity contribution < 1.29 is 22.4 Å². The monoisotopic (exact) mass is 340 g/mol. The van der Waals surface area contributed by atoms with E-state index < -0.39 is 23.6 Å². The third-order valence-corrected chi connectivity index (χ3v) is 3.36. The molecule has 0 fully saturated rings. The van der Waals surface area contributed by atoms with Crippen LogP contribution in [0.25, 0.3) is 0 Å². The van der Waals surface area contributed by atoms with Gasteiger partial charge in [0.25, 0.3) is 0 Å². The van der Waals surface area contributed by atoms with Gasteiger partial charge < -0.3 is 10.6 Å². The van der Waals surface area contributed by atoms with Gasteiger partial charge in [0, 0.05) is 12.2 Å². The first-order chi connectivity index (χ1) is 11.3. The summed E-state index contributed by atoms with van der Waals surface area (Å²) >= 11 is 0. The molecule has 0 aliphatic carbocycles. The van der Waals surface area contributed by atoms with Gasteiger partial charge in [-0.15, -0.1) is 0 Å². The van der Waals surface area contributed by atoms with E-state index in [1.165, 1.54) is 0 Å². The van der Waals surface area contributed by atoms with Crippen LogP contribution in [0.4, 0.5) is 28.0 Å². The molecule has 0 heterocycles. The van der Waals surface area contributed by atoms with Gasteiger partial charge in [-0.2, -0.15) is 13.2 Å². The number of benzene rings is 2. The molecule has 0 spiro atoms. The topological polar surface area (TPSA) is 41.1 Å². The highest BCUT2D eigenvalue weighted by atomic mass is 19.4. The summed E-state index contributed by atoms with van der Waals surface area (Å²) < 4.78 is 51.2. The van der Waals surface area contributed by atoms with Crippen LogP contribution in [0.1, 0.15) is 23.6 Å². The van der Waals surface area contributed by atoms with Crippen LogP contribution in [0.2, 0.25) is 0 Å². The minimum atomic E-state index is -4.64. The van der Waals surface area contributed by atoms with Crippen LogP contribution in [0.5, 0.6) is 0 Å². The van der Waals surface area contributed by atoms with Crippen LogP contribution in [-0.4, -0.2) is 6.03 Å². The second kappa shape index (κ2) is 7.33. The highest BCUT2D eigenvalue weighted by Crippen LogP contribution is 2.30. The summed E-state index contributed by atoms with van der Waals surface area (Å²) in [7, 11) is 0. The largest absolute Gasteiger partial charge is 0.416 e. The van der Waals surface area contributed by atoms with Crippen molar-refractivity contribution in [3.63, 3.8) is 0 Å². The molecule has 3 nitrogen and oxygen atoms in total. The van der Waals surface area contributed by atoms with Crippen molar-refractivity contribution in [2.75, 3.05) is 5.32 Å². The predicted octanol–water partition coefficient (Wildman–Crippen LogP) is 4.73. The number of nitrogens with one attached hydrogen (secondary N) is 2. The molecule has 0 unspecified atom stereocenters. The first kappa shape index (κ1) is 17.8. The molecular weight excluding hydrogens is 324 g/mol. The Bertz CT molecular complexity index is 712. The number of carbonyl (C=O) groups is 1. The Morgan fingerprint density at radius 1 is 1.04 bits per heavy atom. The molecule has 2 aromatic carbocycles. The lowest BCUT2D eigenvalue weighted by atomic mass is 10.1. The first-order valence-corrected chi connectivity index (χ1v) is 7.28. The Balaban J connectivity index is 1.97. The normalized spacial score (nSPS) is 11.2. The number of carbonyl (C=O) groups excluding carboxylic acids is 1. The highest BCUT2D eigenvalue weighted by Gasteiger charge is 2.31. The van der Waals surface area contributed by atoms with E-state index in [9.17, 15) is 22.4 Å². The number of rotatable bonds is 4. The third kappa shape index (κ3) is 4.97. The fraction of sp³-hybridized carbons (Fsp3) is 0.235. The molecular formula is C17H16F4N2O. The Labute approximate surface area is 136 Å². The standard InChI is InChI=1S/C17H16F4N2O/c1-2-11-3-5-15(6-4-11)23-16(24)22-10-12-7-13(17(19,20)21)9-14(18)8-12/h3-9H,2,10H2,1H3,(H2,22,23,24). The first-order valence-electron chi connectivity index (χ1n) is 7.28. The van der Waals surface area contributed by atoms with Crippen molar-refractivity contribution in [2.45, 2.75) is 26.1 Å². The second-order valence-corrected chi connectivity index (χ2v) is 5.20. The van der Waals surface area contributed by atoms with Gasteiger partial charge in [0.2, 0.25) is 0 Å². The summed E-state index contributed by atoms with van der Waals surface area (Å²) in [5.74, 6) is -1.00. The maximum absolute atomic E-state index is 13.3. The van der Waals surface area contributed by atoms with Crippen molar-refractivity contribution in [3.8, 4) is 0 Å². The number of anilines is 1. The zero-order chi connectivity index (χ0) is 17.7. The maximum Gasteiger partial charge on any atom is 0.416 e. The third-order valence-electron chi connectivity index (χ3n) is 3.36. The van der Waals surface area contributed by atoms with E-state index in [0.717, 1.165) is 24.1 Å². The molecule has 0 saturated heterocycles. The van der Waals surface area contributed by atoms with Crippen LogP contribution >= 0.6 is 0 Å². The van der Waals surface area contributed by atoms with Crippen molar-refractivity contribution in [2.24, 2.45) is 0 Å². The van der Waals surface area contributed by atoms with E-state index >= 15 is 0 Å². The number of alkyl halides is 3. The van der Waals surface area contributed by atoms with E-state index in [1.54, 1.807) is 12.1 Å². The van der Waals surface area contributed by atoms with Gasteiger partial charge in [-0.25, -0.2) is 9.18 Å². The van der Waals surface area contributed by atoms with E-state index in [0.29, 0.717) is 11.8 Å². The van der Waals surface area contributed by atoms with Crippen molar-refractivity contribution in [1.82, 2.24) is 5.32 Å². The van der Waals surface area contributed by atoms with Crippen LogP contribution in [0.15, 0.2) is 42.5 Å². The average Bonchev–Trinajstić information content (AvgIpc) is 2.52. The number of amides is 2. The molecule has 128 valence electrons. The lowest BCUT2D eigenvalue weighted by Gasteiger charge is -2.11. The molecule has 2 aromatic rings. The molecule has 0 bridgehead atoms. The predicted molar refractivity (Wildman–Crippen MR) is 83.1 cm³/mol. The summed E-state index contributed by atoms with van der Waals surface area (Å²) in [4.78, 5) is 11.8. The maximum atomic E-state index is 13.3. The van der Waals surface area contributed by atoms with E-state index in [2.05, 4.69) is 10.6 Å². The number of hydrogen-bond donors (Lipinski definition) is 2. The minimum Gasteiger partial charge on any atom is -0.334 e. The summed E-state index contributed by atoms with van der Waals surface area (Å²) in [6, 6.07) is 8.75. The Kier molecular flexibility index (Phi) is 5.43. The van der Waals surface area contributed by atoms with Gasteiger partial charge in [-0.3, -0.25) is 0 Å². The molecule has 2 rings (SSSR count). The number of hydrogen-bond acceptors (Lipinski definition) is 1. The lowest BCUT2D eigenvalue weighted by molar-refractivity contribution is -0.137. The zero-order valence-corrected chi connectivity index (χ0v) is 12.9. The van der Waals surface area contributed by atoms with Gasteiger partial charge in [0.1, 0.15) is 5.82 Å². The van der Waals surface area contributed by atoms with Gasteiger partial charge in [0.15, 0.2) is 0 Å². The van der Waals surface area contributed by atoms with E-state index in [1.807, 2.05) is 19.1 Å².